The van der Waals surface area contributed by atoms with Gasteiger partial charge in [-0.25, -0.2) is 0 Å². The van der Waals surface area contributed by atoms with Crippen molar-refractivity contribution in [2.75, 3.05) is 0 Å². The van der Waals surface area contributed by atoms with Gasteiger partial charge in [-0.15, -0.1) is 0 Å². The van der Waals surface area contributed by atoms with Crippen LogP contribution in [0.5, 0.6) is 0 Å². The van der Waals surface area contributed by atoms with Crippen LogP contribution in [-0.4, -0.2) is 45.8 Å². The molecule has 0 fully saturated rings. The van der Waals surface area contributed by atoms with Crippen LogP contribution in [0, 0.1) is 5.41 Å². The minimum atomic E-state index is -5.05. The minimum Gasteiger partial charge on any atom is -0.481 e. The van der Waals surface area contributed by atoms with Crippen LogP contribution in [0.15, 0.2) is 0 Å². The number of carboxylic acid groups (broad SMARTS) is 2. The molecule has 0 bridgehead atoms. The van der Waals surface area contributed by atoms with Gasteiger partial charge in [0.2, 0.25) is 0 Å². The highest BCUT2D eigenvalue weighted by molar-refractivity contribution is 7.87. The highest BCUT2D eigenvalue weighted by Crippen LogP contribution is 2.39. The molecule has 0 saturated heterocycles. The molecule has 0 radical (unpaired) electrons. The maximum atomic E-state index is 12.1. The summed E-state index contributed by atoms with van der Waals surface area (Å²) >= 11 is 0. The molecule has 9 heteroatoms. The monoisotopic (exact) mass is 440 g/mol. The van der Waals surface area contributed by atoms with Crippen molar-refractivity contribution in [3.8, 4) is 0 Å². The molecule has 0 aromatic rings. The number of hydrogen-bond acceptors (Lipinski definition) is 4. The standard InChI is InChI=1S/C20H38O7S.H2O/c1-3-5-7-9-11-13-15-20(19(23)24,16-14-12-10-8-6-4-2)17(18(21)22)28(25,26)27;/h17H,3-16H2,1-2H3,(H,21,22)(H,23,24)(H,25,26,27);1H2. The third kappa shape index (κ3) is 11.0. The SMILES string of the molecule is CCCCCCCCC(CCCCCCCC)(C(=O)O)C(C(=O)O)S(=O)(=O)O.O. The number of carboxylic acids is 2. The van der Waals surface area contributed by atoms with Crippen molar-refractivity contribution in [2.45, 2.75) is 109 Å². The van der Waals surface area contributed by atoms with Crippen LogP contribution in [0.2, 0.25) is 0 Å². The molecule has 0 amide bonds. The van der Waals surface area contributed by atoms with Crippen molar-refractivity contribution in [1.82, 2.24) is 0 Å². The largest absolute Gasteiger partial charge is 0.481 e. The smallest absolute Gasteiger partial charge is 0.325 e. The van der Waals surface area contributed by atoms with Crippen LogP contribution >= 0.6 is 0 Å². The van der Waals surface area contributed by atoms with E-state index < -0.39 is 32.7 Å². The Bertz CT molecular complexity index is 543. The number of hydrogen-bond donors (Lipinski definition) is 3. The molecular formula is C20H40O8S. The van der Waals surface area contributed by atoms with Gasteiger partial charge >= 0.3 is 11.9 Å². The lowest BCUT2D eigenvalue weighted by Crippen LogP contribution is -2.51. The summed E-state index contributed by atoms with van der Waals surface area (Å²) in [5.74, 6) is -3.26. The lowest BCUT2D eigenvalue weighted by Gasteiger charge is -2.33. The minimum absolute atomic E-state index is 0. The fraction of sp³-hybridized carbons (Fsp3) is 0.900. The van der Waals surface area contributed by atoms with E-state index in [4.69, 9.17) is 0 Å². The van der Waals surface area contributed by atoms with Gasteiger partial charge in [-0.05, 0) is 12.8 Å². The summed E-state index contributed by atoms with van der Waals surface area (Å²) in [5.41, 5.74) is -2.01. The summed E-state index contributed by atoms with van der Waals surface area (Å²) in [5, 5.41) is 16.9. The molecule has 174 valence electrons. The predicted octanol–water partition coefficient (Wildman–Crippen LogP) is 4.07. The van der Waals surface area contributed by atoms with Gasteiger partial charge in [-0.2, -0.15) is 8.42 Å². The van der Waals surface area contributed by atoms with E-state index in [1.54, 1.807) is 0 Å². The molecule has 0 aliphatic rings. The van der Waals surface area contributed by atoms with Crippen LogP contribution in [-0.2, 0) is 19.7 Å². The van der Waals surface area contributed by atoms with E-state index in [2.05, 4.69) is 13.8 Å². The van der Waals surface area contributed by atoms with Gasteiger partial charge in [0.15, 0.2) is 5.25 Å². The van der Waals surface area contributed by atoms with Crippen LogP contribution < -0.4 is 0 Å². The van der Waals surface area contributed by atoms with Crippen LogP contribution in [0.1, 0.15) is 104 Å². The second kappa shape index (κ2) is 15.6. The Labute approximate surface area is 175 Å². The fourth-order valence-corrected chi connectivity index (χ4v) is 4.97. The number of unbranched alkanes of at least 4 members (excludes halogenated alkanes) is 10. The molecule has 1 atom stereocenters. The number of aliphatic carboxylic acids is 2. The molecule has 29 heavy (non-hydrogen) atoms. The summed E-state index contributed by atoms with van der Waals surface area (Å²) in [7, 11) is -5.05. The third-order valence-corrected chi connectivity index (χ3v) is 6.65. The van der Waals surface area contributed by atoms with Gasteiger partial charge in [0, 0.05) is 0 Å². The average Bonchev–Trinajstić information content (AvgIpc) is 2.58. The highest BCUT2D eigenvalue weighted by atomic mass is 32.2. The van der Waals surface area contributed by atoms with Gasteiger partial charge in [0.25, 0.3) is 10.1 Å². The number of rotatable bonds is 18. The van der Waals surface area contributed by atoms with Crippen LogP contribution in [0.3, 0.4) is 0 Å². The van der Waals surface area contributed by atoms with Gasteiger partial charge in [-0.3, -0.25) is 14.1 Å². The molecule has 0 saturated carbocycles. The van der Waals surface area contributed by atoms with E-state index in [9.17, 15) is 32.8 Å². The fourth-order valence-electron chi connectivity index (χ4n) is 3.80. The van der Waals surface area contributed by atoms with E-state index in [0.29, 0.717) is 25.7 Å². The Kier molecular flexibility index (Phi) is 16.2. The molecule has 5 N–H and O–H groups in total. The van der Waals surface area contributed by atoms with E-state index in [1.165, 1.54) is 0 Å². The van der Waals surface area contributed by atoms with Gasteiger partial charge in [0.1, 0.15) is 0 Å². The summed E-state index contributed by atoms with van der Waals surface area (Å²) in [6, 6.07) is 0. The van der Waals surface area contributed by atoms with E-state index >= 15 is 0 Å². The maximum Gasteiger partial charge on any atom is 0.325 e. The Balaban J connectivity index is 0. The first-order valence-corrected chi connectivity index (χ1v) is 12.1. The zero-order valence-corrected chi connectivity index (χ0v) is 18.7. The topological polar surface area (TPSA) is 160 Å². The van der Waals surface area contributed by atoms with E-state index in [1.807, 2.05) is 0 Å². The van der Waals surface area contributed by atoms with Gasteiger partial charge in [0.05, 0.1) is 5.41 Å². The summed E-state index contributed by atoms with van der Waals surface area (Å²) in [6.45, 7) is 4.17. The van der Waals surface area contributed by atoms with Gasteiger partial charge < -0.3 is 15.7 Å². The Hall–Kier alpha value is -1.19. The van der Waals surface area contributed by atoms with Crippen molar-refractivity contribution in [3.05, 3.63) is 0 Å². The maximum absolute atomic E-state index is 12.1. The van der Waals surface area contributed by atoms with Crippen LogP contribution in [0.25, 0.3) is 0 Å². The normalized spacial score (nSPS) is 12.9. The molecule has 0 heterocycles. The lowest BCUT2D eigenvalue weighted by atomic mass is 9.74. The second-order valence-corrected chi connectivity index (χ2v) is 9.23. The molecular weight excluding hydrogens is 400 g/mol. The first kappa shape index (κ1) is 30.0. The summed E-state index contributed by atoms with van der Waals surface area (Å²) in [6.07, 6.45) is 10.2. The molecule has 0 aromatic heterocycles. The summed E-state index contributed by atoms with van der Waals surface area (Å²) < 4.78 is 33.1. The van der Waals surface area contributed by atoms with Crippen molar-refractivity contribution in [3.63, 3.8) is 0 Å². The lowest BCUT2D eigenvalue weighted by molar-refractivity contribution is -0.156. The molecule has 0 aromatic carbocycles. The van der Waals surface area contributed by atoms with Crippen molar-refractivity contribution >= 4 is 22.1 Å². The predicted molar refractivity (Wildman–Crippen MR) is 113 cm³/mol. The molecule has 0 rings (SSSR count). The van der Waals surface area contributed by atoms with E-state index in [0.717, 1.165) is 51.4 Å². The number of carbonyl (C=O) groups is 2. The average molecular weight is 441 g/mol. The molecule has 0 aliphatic carbocycles. The molecule has 0 aliphatic heterocycles. The molecule has 8 nitrogen and oxygen atoms in total. The Morgan fingerprint density at radius 1 is 0.759 bits per heavy atom. The van der Waals surface area contributed by atoms with Crippen molar-refractivity contribution < 1.29 is 38.2 Å². The summed E-state index contributed by atoms with van der Waals surface area (Å²) in [4.78, 5) is 23.8. The van der Waals surface area contributed by atoms with Crippen molar-refractivity contribution in [2.24, 2.45) is 5.41 Å². The van der Waals surface area contributed by atoms with Crippen LogP contribution in [0.4, 0.5) is 0 Å². The van der Waals surface area contributed by atoms with Crippen molar-refractivity contribution in [1.29, 1.82) is 0 Å². The first-order valence-electron chi connectivity index (χ1n) is 10.6. The Morgan fingerprint density at radius 3 is 1.38 bits per heavy atom. The zero-order valence-electron chi connectivity index (χ0n) is 17.9. The third-order valence-electron chi connectivity index (χ3n) is 5.40. The van der Waals surface area contributed by atoms with E-state index in [-0.39, 0.29) is 18.3 Å². The molecule has 1 unspecified atom stereocenters. The quantitative estimate of drug-likeness (QED) is 0.214. The highest BCUT2D eigenvalue weighted by Gasteiger charge is 2.55. The van der Waals surface area contributed by atoms with Gasteiger partial charge in [-0.1, -0.05) is 90.9 Å². The molecule has 0 spiro atoms. The Morgan fingerprint density at radius 2 is 1.10 bits per heavy atom. The second-order valence-electron chi connectivity index (χ2n) is 7.73. The zero-order chi connectivity index (χ0) is 21.6. The first-order chi connectivity index (χ1) is 13.1.